The van der Waals surface area contributed by atoms with Crippen LogP contribution in [0, 0.1) is 0 Å². The second-order valence-electron chi connectivity index (χ2n) is 6.22. The number of rotatable bonds is 6. The summed E-state index contributed by atoms with van der Waals surface area (Å²) in [6, 6.07) is 13.4. The summed E-state index contributed by atoms with van der Waals surface area (Å²) in [5.41, 5.74) is 3.19. The molecule has 1 N–H and O–H groups in total. The first-order valence-electron chi connectivity index (χ1n) is 8.38. The van der Waals surface area contributed by atoms with E-state index in [1.54, 1.807) is 12.4 Å². The van der Waals surface area contributed by atoms with Crippen LogP contribution in [0.1, 0.15) is 16.8 Å². The molecular weight excluding hydrogens is 312 g/mol. The summed E-state index contributed by atoms with van der Waals surface area (Å²) in [6.07, 6.45) is 4.37. The molecule has 0 atom stereocenters. The molecule has 0 saturated carbocycles. The first-order chi connectivity index (χ1) is 12.1. The predicted octanol–water partition coefficient (Wildman–Crippen LogP) is 2.98. The van der Waals surface area contributed by atoms with E-state index in [0.717, 1.165) is 35.1 Å². The summed E-state index contributed by atoms with van der Waals surface area (Å²) in [7, 11) is 4.05. The van der Waals surface area contributed by atoms with Crippen LogP contribution in [0.25, 0.3) is 22.2 Å². The number of carbonyl (C=O) groups is 1. The van der Waals surface area contributed by atoms with Gasteiger partial charge >= 0.3 is 0 Å². The van der Waals surface area contributed by atoms with Crippen LogP contribution in [0.15, 0.2) is 54.9 Å². The van der Waals surface area contributed by atoms with Gasteiger partial charge in [-0.15, -0.1) is 0 Å². The maximum absolute atomic E-state index is 12.7. The quantitative estimate of drug-likeness (QED) is 0.704. The second-order valence-corrected chi connectivity index (χ2v) is 6.22. The van der Waals surface area contributed by atoms with Crippen molar-refractivity contribution < 1.29 is 4.79 Å². The number of hydrogen-bond donors (Lipinski definition) is 1. The number of hydrogen-bond acceptors (Lipinski definition) is 4. The molecule has 5 heteroatoms. The van der Waals surface area contributed by atoms with Gasteiger partial charge in [0.1, 0.15) is 0 Å². The highest BCUT2D eigenvalue weighted by Crippen LogP contribution is 2.24. The molecule has 3 rings (SSSR count). The summed E-state index contributed by atoms with van der Waals surface area (Å²) in [5.74, 6) is -0.0623. The van der Waals surface area contributed by atoms with E-state index in [-0.39, 0.29) is 5.91 Å². The van der Waals surface area contributed by atoms with Crippen molar-refractivity contribution in [2.24, 2.45) is 0 Å². The Hall–Kier alpha value is -2.79. The zero-order chi connectivity index (χ0) is 17.6. The lowest BCUT2D eigenvalue weighted by molar-refractivity contribution is 0.0954. The van der Waals surface area contributed by atoms with Crippen LogP contribution in [0.3, 0.4) is 0 Å². The minimum Gasteiger partial charge on any atom is -0.352 e. The van der Waals surface area contributed by atoms with Gasteiger partial charge in [-0.3, -0.25) is 9.78 Å². The van der Waals surface area contributed by atoms with E-state index in [2.05, 4.69) is 15.2 Å². The molecule has 0 aliphatic heterocycles. The van der Waals surface area contributed by atoms with Crippen molar-refractivity contribution in [3.63, 3.8) is 0 Å². The van der Waals surface area contributed by atoms with Crippen molar-refractivity contribution in [3.8, 4) is 11.3 Å². The summed E-state index contributed by atoms with van der Waals surface area (Å²) in [6.45, 7) is 1.60. The van der Waals surface area contributed by atoms with E-state index in [1.807, 2.05) is 56.6 Å². The van der Waals surface area contributed by atoms with Crippen LogP contribution in [-0.4, -0.2) is 48.0 Å². The molecule has 1 amide bonds. The third-order valence-electron chi connectivity index (χ3n) is 4.00. The highest BCUT2D eigenvalue weighted by molar-refractivity contribution is 6.07. The van der Waals surface area contributed by atoms with Gasteiger partial charge in [-0.1, -0.05) is 18.2 Å². The Labute approximate surface area is 147 Å². The van der Waals surface area contributed by atoms with Crippen molar-refractivity contribution in [3.05, 3.63) is 60.4 Å². The van der Waals surface area contributed by atoms with E-state index in [4.69, 9.17) is 4.98 Å². The molecule has 128 valence electrons. The monoisotopic (exact) mass is 334 g/mol. The fourth-order valence-electron chi connectivity index (χ4n) is 2.73. The molecule has 0 aliphatic rings. The lowest BCUT2D eigenvalue weighted by Crippen LogP contribution is -2.27. The molecule has 0 saturated heterocycles. The molecule has 0 unspecified atom stereocenters. The lowest BCUT2D eigenvalue weighted by Gasteiger charge is -2.12. The number of nitrogens with zero attached hydrogens (tertiary/aromatic N) is 3. The largest absolute Gasteiger partial charge is 0.352 e. The molecule has 2 aromatic heterocycles. The smallest absolute Gasteiger partial charge is 0.252 e. The van der Waals surface area contributed by atoms with Crippen LogP contribution < -0.4 is 5.32 Å². The van der Waals surface area contributed by atoms with E-state index < -0.39 is 0 Å². The fourth-order valence-corrected chi connectivity index (χ4v) is 2.73. The summed E-state index contributed by atoms with van der Waals surface area (Å²) < 4.78 is 0. The Balaban J connectivity index is 1.91. The second kappa shape index (κ2) is 7.85. The number of nitrogens with one attached hydrogen (secondary N) is 1. The number of aromatic nitrogens is 2. The third-order valence-corrected chi connectivity index (χ3v) is 4.00. The van der Waals surface area contributed by atoms with Crippen molar-refractivity contribution in [2.75, 3.05) is 27.2 Å². The topological polar surface area (TPSA) is 58.1 Å². The van der Waals surface area contributed by atoms with Crippen LogP contribution in [0.2, 0.25) is 0 Å². The minimum atomic E-state index is -0.0623. The molecular formula is C20H22N4O. The standard InChI is InChI=1S/C20H22N4O/c1-24(2)13-5-10-22-20(25)17-14-19(15-8-11-21-12-9-15)23-18-7-4-3-6-16(17)18/h3-4,6-9,11-12,14H,5,10,13H2,1-2H3,(H,22,25). The first-order valence-corrected chi connectivity index (χ1v) is 8.38. The number of fused-ring (bicyclic) bond motifs is 1. The molecule has 1 aromatic carbocycles. The van der Waals surface area contributed by atoms with Gasteiger partial charge in [0.15, 0.2) is 0 Å². The summed E-state index contributed by atoms with van der Waals surface area (Å²) in [4.78, 5) is 23.6. The Bertz CT molecular complexity index is 862. The van der Waals surface area contributed by atoms with E-state index >= 15 is 0 Å². The highest BCUT2D eigenvalue weighted by atomic mass is 16.1. The van der Waals surface area contributed by atoms with Crippen LogP contribution in [0.5, 0.6) is 0 Å². The SMILES string of the molecule is CN(C)CCCNC(=O)c1cc(-c2ccncc2)nc2ccccc12. The average molecular weight is 334 g/mol. The van der Waals surface area contributed by atoms with Gasteiger partial charge in [0.05, 0.1) is 16.8 Å². The maximum Gasteiger partial charge on any atom is 0.252 e. The van der Waals surface area contributed by atoms with Gasteiger partial charge in [0.2, 0.25) is 0 Å². The molecule has 0 spiro atoms. The van der Waals surface area contributed by atoms with Crippen molar-refractivity contribution in [1.29, 1.82) is 0 Å². The molecule has 0 fully saturated rings. The Morgan fingerprint density at radius 2 is 1.88 bits per heavy atom. The molecule has 0 radical (unpaired) electrons. The molecule has 3 aromatic rings. The Morgan fingerprint density at radius 1 is 1.12 bits per heavy atom. The molecule has 25 heavy (non-hydrogen) atoms. The van der Waals surface area contributed by atoms with Gasteiger partial charge in [-0.25, -0.2) is 4.98 Å². The zero-order valence-electron chi connectivity index (χ0n) is 14.6. The number of carbonyl (C=O) groups excluding carboxylic acids is 1. The third kappa shape index (κ3) is 4.19. The van der Waals surface area contributed by atoms with Crippen LogP contribution >= 0.6 is 0 Å². The molecule has 5 nitrogen and oxygen atoms in total. The predicted molar refractivity (Wildman–Crippen MR) is 100 cm³/mol. The molecule has 2 heterocycles. The number of benzene rings is 1. The van der Waals surface area contributed by atoms with Gasteiger partial charge in [-0.2, -0.15) is 0 Å². The summed E-state index contributed by atoms with van der Waals surface area (Å²) >= 11 is 0. The van der Waals surface area contributed by atoms with E-state index in [1.165, 1.54) is 0 Å². The first kappa shape index (κ1) is 17.0. The number of amides is 1. The molecule has 0 bridgehead atoms. The Morgan fingerprint density at radius 3 is 2.64 bits per heavy atom. The highest BCUT2D eigenvalue weighted by Gasteiger charge is 2.13. The van der Waals surface area contributed by atoms with Crippen LogP contribution in [-0.2, 0) is 0 Å². The van der Waals surface area contributed by atoms with Gasteiger partial charge in [-0.05, 0) is 51.3 Å². The van der Waals surface area contributed by atoms with Crippen molar-refractivity contribution in [2.45, 2.75) is 6.42 Å². The zero-order valence-corrected chi connectivity index (χ0v) is 14.6. The Kier molecular flexibility index (Phi) is 5.36. The fraction of sp³-hybridized carbons (Fsp3) is 0.250. The average Bonchev–Trinajstić information content (AvgIpc) is 2.64. The minimum absolute atomic E-state index is 0.0623. The van der Waals surface area contributed by atoms with Gasteiger partial charge < -0.3 is 10.2 Å². The van der Waals surface area contributed by atoms with Crippen molar-refractivity contribution >= 4 is 16.8 Å². The number of pyridine rings is 2. The number of para-hydroxylation sites is 1. The van der Waals surface area contributed by atoms with E-state index in [9.17, 15) is 4.79 Å². The van der Waals surface area contributed by atoms with Gasteiger partial charge in [0, 0.05) is 29.9 Å². The van der Waals surface area contributed by atoms with Crippen molar-refractivity contribution in [1.82, 2.24) is 20.2 Å². The van der Waals surface area contributed by atoms with E-state index in [0.29, 0.717) is 12.1 Å². The maximum atomic E-state index is 12.7. The molecule has 0 aliphatic carbocycles. The lowest BCUT2D eigenvalue weighted by atomic mass is 10.0. The van der Waals surface area contributed by atoms with Crippen LogP contribution in [0.4, 0.5) is 0 Å². The summed E-state index contributed by atoms with van der Waals surface area (Å²) in [5, 5.41) is 3.89. The van der Waals surface area contributed by atoms with Gasteiger partial charge in [0.25, 0.3) is 5.91 Å². The normalized spacial score (nSPS) is 11.0.